The third kappa shape index (κ3) is 10.2. The Morgan fingerprint density at radius 3 is 1.62 bits per heavy atom. The number of amides is 2. The Morgan fingerprint density at radius 2 is 1.19 bits per heavy atom. The van der Waals surface area contributed by atoms with Gasteiger partial charge in [-0.3, -0.25) is 9.59 Å². The molecule has 0 atom stereocenters. The number of hydrogen-bond donors (Lipinski definition) is 1. The van der Waals surface area contributed by atoms with Crippen LogP contribution in [0.5, 0.6) is 0 Å². The third-order valence-corrected chi connectivity index (χ3v) is 5.49. The Kier molecular flexibility index (Phi) is 13.3. The fourth-order valence-electron chi connectivity index (χ4n) is 3.71. The Balaban J connectivity index is 2.53. The van der Waals surface area contributed by atoms with Crippen molar-refractivity contribution in [2.45, 2.75) is 116 Å². The Bertz CT molecular complexity index is 364. The predicted octanol–water partition coefficient (Wildman–Crippen LogP) is 5.20. The highest BCUT2D eigenvalue weighted by molar-refractivity contribution is 6.35. The van der Waals surface area contributed by atoms with E-state index in [2.05, 4.69) is 19.2 Å². The van der Waals surface area contributed by atoms with E-state index in [0.717, 1.165) is 51.4 Å². The molecule has 0 aromatic rings. The molecule has 0 aromatic carbocycles. The average molecular weight is 367 g/mol. The van der Waals surface area contributed by atoms with E-state index in [-0.39, 0.29) is 17.9 Å². The van der Waals surface area contributed by atoms with E-state index >= 15 is 0 Å². The number of nitrogens with zero attached hydrogens (tertiary/aromatic N) is 1. The van der Waals surface area contributed by atoms with Crippen molar-refractivity contribution >= 4 is 11.8 Å². The first-order chi connectivity index (χ1) is 12.7. The molecule has 0 aliphatic heterocycles. The molecule has 1 aliphatic carbocycles. The summed E-state index contributed by atoms with van der Waals surface area (Å²) in [7, 11) is 0. The minimum absolute atomic E-state index is 0.171. The second-order valence-corrected chi connectivity index (χ2v) is 7.93. The van der Waals surface area contributed by atoms with E-state index in [0.29, 0.717) is 13.1 Å². The third-order valence-electron chi connectivity index (χ3n) is 5.49. The monoisotopic (exact) mass is 366 g/mol. The maximum absolute atomic E-state index is 12.6. The lowest BCUT2D eigenvalue weighted by Gasteiger charge is -2.24. The Morgan fingerprint density at radius 1 is 0.769 bits per heavy atom. The molecule has 1 fully saturated rings. The van der Waals surface area contributed by atoms with E-state index in [4.69, 9.17) is 0 Å². The number of carbonyl (C=O) groups excluding carboxylic acids is 2. The lowest BCUT2D eigenvalue weighted by atomic mass is 9.98. The molecule has 0 heterocycles. The minimum atomic E-state index is -0.380. The van der Waals surface area contributed by atoms with Crippen LogP contribution in [0.2, 0.25) is 0 Å². The van der Waals surface area contributed by atoms with Crippen molar-refractivity contribution in [3.05, 3.63) is 0 Å². The first kappa shape index (κ1) is 23.0. The van der Waals surface area contributed by atoms with Gasteiger partial charge >= 0.3 is 11.8 Å². The molecule has 0 unspecified atom stereocenters. The van der Waals surface area contributed by atoms with Crippen LogP contribution in [-0.4, -0.2) is 35.8 Å². The van der Waals surface area contributed by atoms with Crippen molar-refractivity contribution in [3.8, 4) is 0 Å². The summed E-state index contributed by atoms with van der Waals surface area (Å²) >= 11 is 0. The van der Waals surface area contributed by atoms with E-state index in [9.17, 15) is 9.59 Å². The SMILES string of the molecule is CCCCN(CCCC)C(=O)C(=O)NC1CCCCCCCCCCC1. The van der Waals surface area contributed by atoms with Crippen molar-refractivity contribution in [1.82, 2.24) is 10.2 Å². The molecule has 1 aliphatic rings. The molecule has 0 spiro atoms. The van der Waals surface area contributed by atoms with E-state index in [1.165, 1.54) is 44.9 Å². The molecule has 0 bridgehead atoms. The molecule has 26 heavy (non-hydrogen) atoms. The molecule has 4 nitrogen and oxygen atoms in total. The summed E-state index contributed by atoms with van der Waals surface area (Å²) in [5.41, 5.74) is 0. The average Bonchev–Trinajstić information content (AvgIpc) is 2.63. The Labute approximate surface area is 161 Å². The largest absolute Gasteiger partial charge is 0.345 e. The predicted molar refractivity (Wildman–Crippen MR) is 109 cm³/mol. The molecule has 1 saturated carbocycles. The molecular formula is C22H42N2O2. The summed E-state index contributed by atoms with van der Waals surface area (Å²) in [6.45, 7) is 5.64. The topological polar surface area (TPSA) is 49.4 Å². The normalized spacial score (nSPS) is 17.8. The number of nitrogens with one attached hydrogen (secondary N) is 1. The zero-order valence-corrected chi connectivity index (χ0v) is 17.4. The summed E-state index contributed by atoms with van der Waals surface area (Å²) in [6.07, 6.45) is 17.5. The summed E-state index contributed by atoms with van der Waals surface area (Å²) in [5, 5.41) is 3.07. The molecule has 152 valence electrons. The second-order valence-electron chi connectivity index (χ2n) is 7.93. The summed E-state index contributed by atoms with van der Waals surface area (Å²) < 4.78 is 0. The highest BCUT2D eigenvalue weighted by Gasteiger charge is 2.23. The standard InChI is InChI=1S/C22H42N2O2/c1-3-5-18-24(19-6-4-2)22(26)21(25)23-20-16-14-12-10-8-7-9-11-13-15-17-20/h20H,3-19H2,1-2H3,(H,23,25). The van der Waals surface area contributed by atoms with Crippen LogP contribution in [-0.2, 0) is 9.59 Å². The van der Waals surface area contributed by atoms with Gasteiger partial charge in [0.2, 0.25) is 0 Å². The molecule has 2 amide bonds. The zero-order chi connectivity index (χ0) is 19.0. The van der Waals surface area contributed by atoms with Gasteiger partial charge < -0.3 is 10.2 Å². The number of rotatable bonds is 7. The first-order valence-corrected chi connectivity index (χ1v) is 11.3. The van der Waals surface area contributed by atoms with Crippen LogP contribution in [0.3, 0.4) is 0 Å². The summed E-state index contributed by atoms with van der Waals surface area (Å²) in [4.78, 5) is 26.9. The highest BCUT2D eigenvalue weighted by Crippen LogP contribution is 2.17. The van der Waals surface area contributed by atoms with Gasteiger partial charge in [-0.2, -0.15) is 0 Å². The quantitative estimate of drug-likeness (QED) is 0.629. The van der Waals surface area contributed by atoms with Gasteiger partial charge in [-0.15, -0.1) is 0 Å². The van der Waals surface area contributed by atoms with Crippen molar-refractivity contribution in [3.63, 3.8) is 0 Å². The fourth-order valence-corrected chi connectivity index (χ4v) is 3.71. The Hall–Kier alpha value is -1.06. The van der Waals surface area contributed by atoms with Gasteiger partial charge in [0.1, 0.15) is 0 Å². The van der Waals surface area contributed by atoms with E-state index < -0.39 is 0 Å². The van der Waals surface area contributed by atoms with Gasteiger partial charge in [0.15, 0.2) is 0 Å². The maximum atomic E-state index is 12.6. The number of unbranched alkanes of at least 4 members (excludes halogenated alkanes) is 2. The second kappa shape index (κ2) is 15.0. The number of carbonyl (C=O) groups is 2. The van der Waals surface area contributed by atoms with Crippen LogP contribution in [0.1, 0.15) is 110 Å². The maximum Gasteiger partial charge on any atom is 0.311 e. The summed E-state index contributed by atoms with van der Waals surface area (Å²) in [5.74, 6) is -0.702. The molecule has 0 saturated heterocycles. The van der Waals surface area contributed by atoms with Crippen molar-refractivity contribution in [1.29, 1.82) is 0 Å². The van der Waals surface area contributed by atoms with Crippen LogP contribution in [0.15, 0.2) is 0 Å². The van der Waals surface area contributed by atoms with Gasteiger partial charge in [-0.1, -0.05) is 84.5 Å². The fraction of sp³-hybridized carbons (Fsp3) is 0.909. The molecule has 0 aromatic heterocycles. The lowest BCUT2D eigenvalue weighted by molar-refractivity contribution is -0.146. The van der Waals surface area contributed by atoms with E-state index in [1.54, 1.807) is 4.90 Å². The van der Waals surface area contributed by atoms with Gasteiger partial charge in [0, 0.05) is 19.1 Å². The van der Waals surface area contributed by atoms with Crippen LogP contribution < -0.4 is 5.32 Å². The van der Waals surface area contributed by atoms with Gasteiger partial charge in [-0.05, 0) is 25.7 Å². The zero-order valence-electron chi connectivity index (χ0n) is 17.4. The van der Waals surface area contributed by atoms with Gasteiger partial charge in [0.25, 0.3) is 0 Å². The smallest absolute Gasteiger partial charge is 0.311 e. The lowest BCUT2D eigenvalue weighted by Crippen LogP contribution is -2.47. The van der Waals surface area contributed by atoms with E-state index in [1.807, 2.05) is 0 Å². The van der Waals surface area contributed by atoms with Crippen molar-refractivity contribution < 1.29 is 9.59 Å². The van der Waals surface area contributed by atoms with Crippen LogP contribution >= 0.6 is 0 Å². The first-order valence-electron chi connectivity index (χ1n) is 11.3. The van der Waals surface area contributed by atoms with Gasteiger partial charge in [0.05, 0.1) is 0 Å². The number of hydrogen-bond acceptors (Lipinski definition) is 2. The van der Waals surface area contributed by atoms with Crippen molar-refractivity contribution in [2.24, 2.45) is 0 Å². The molecule has 1 rings (SSSR count). The minimum Gasteiger partial charge on any atom is -0.345 e. The molecule has 4 heteroatoms. The van der Waals surface area contributed by atoms with Crippen LogP contribution in [0.4, 0.5) is 0 Å². The van der Waals surface area contributed by atoms with Crippen molar-refractivity contribution in [2.75, 3.05) is 13.1 Å². The van der Waals surface area contributed by atoms with Gasteiger partial charge in [-0.25, -0.2) is 0 Å². The summed E-state index contributed by atoms with van der Waals surface area (Å²) in [6, 6.07) is 0.171. The van der Waals surface area contributed by atoms with Crippen LogP contribution in [0.25, 0.3) is 0 Å². The molecule has 0 radical (unpaired) electrons. The highest BCUT2D eigenvalue weighted by atomic mass is 16.2. The van der Waals surface area contributed by atoms with Crippen LogP contribution in [0, 0.1) is 0 Å². The molecular weight excluding hydrogens is 324 g/mol. The molecule has 1 N–H and O–H groups in total.